The van der Waals surface area contributed by atoms with Crippen LogP contribution in [0.5, 0.6) is 0 Å². The van der Waals surface area contributed by atoms with Gasteiger partial charge in [-0.25, -0.2) is 8.42 Å². The lowest BCUT2D eigenvalue weighted by Gasteiger charge is -2.48. The van der Waals surface area contributed by atoms with Crippen LogP contribution in [0.1, 0.15) is 25.7 Å². The summed E-state index contributed by atoms with van der Waals surface area (Å²) in [6.07, 6.45) is 4.00. The molecule has 0 aromatic carbocycles. The van der Waals surface area contributed by atoms with Gasteiger partial charge in [-0.1, -0.05) is 0 Å². The van der Waals surface area contributed by atoms with E-state index in [2.05, 4.69) is 23.9 Å². The lowest BCUT2D eigenvalue weighted by atomic mass is 9.88. The van der Waals surface area contributed by atoms with Gasteiger partial charge in [0.25, 0.3) is 0 Å². The molecule has 0 bridgehead atoms. The van der Waals surface area contributed by atoms with Crippen molar-refractivity contribution in [2.45, 2.75) is 31.2 Å². The molecular weight excluding hydrogens is 274 g/mol. The second kappa shape index (κ2) is 6.30. The predicted molar refractivity (Wildman–Crippen MR) is 82.5 cm³/mol. The molecule has 0 amide bonds. The first-order valence-electron chi connectivity index (χ1n) is 7.67. The molecule has 0 saturated carbocycles. The van der Waals surface area contributed by atoms with E-state index in [0.717, 1.165) is 51.2 Å². The highest BCUT2D eigenvalue weighted by Gasteiger charge is 2.43. The number of likely N-dealkylation sites (tertiary alicyclic amines) is 1. The normalized spacial score (nSPS) is 32.6. The summed E-state index contributed by atoms with van der Waals surface area (Å²) in [7, 11) is 1.31. The number of hydrogen-bond acceptors (Lipinski definition) is 5. The summed E-state index contributed by atoms with van der Waals surface area (Å²) in [5, 5.41) is 0. The molecule has 20 heavy (non-hydrogen) atoms. The van der Waals surface area contributed by atoms with Crippen molar-refractivity contribution in [3.63, 3.8) is 0 Å². The minimum atomic E-state index is -2.91. The summed E-state index contributed by atoms with van der Waals surface area (Å²) >= 11 is 0. The summed E-state index contributed by atoms with van der Waals surface area (Å²) in [5.74, 6) is 1.33. The largest absolute Gasteiger partial charge is 0.329 e. The highest BCUT2D eigenvalue weighted by molar-refractivity contribution is 7.91. The summed E-state index contributed by atoms with van der Waals surface area (Å²) < 4.78 is 24.0. The van der Waals surface area contributed by atoms with E-state index in [9.17, 15) is 8.42 Å². The molecule has 0 spiro atoms. The Hall–Kier alpha value is -0.170. The Morgan fingerprint density at radius 2 is 1.95 bits per heavy atom. The fourth-order valence-electron chi connectivity index (χ4n) is 3.82. The summed E-state index contributed by atoms with van der Waals surface area (Å²) in [5.41, 5.74) is 5.70. The van der Waals surface area contributed by atoms with E-state index in [-0.39, 0.29) is 11.3 Å². The maximum absolute atomic E-state index is 12.0. The molecule has 0 radical (unpaired) electrons. The van der Waals surface area contributed by atoms with Gasteiger partial charge in [0.1, 0.15) is 0 Å². The molecule has 1 unspecified atom stereocenters. The zero-order valence-corrected chi connectivity index (χ0v) is 13.7. The third-order valence-corrected chi connectivity index (χ3v) is 6.76. The van der Waals surface area contributed by atoms with Crippen molar-refractivity contribution in [3.8, 4) is 0 Å². The van der Waals surface area contributed by atoms with Crippen LogP contribution in [0.4, 0.5) is 0 Å². The van der Waals surface area contributed by atoms with Gasteiger partial charge in [-0.3, -0.25) is 4.90 Å². The minimum absolute atomic E-state index is 0.259. The van der Waals surface area contributed by atoms with E-state index in [0.29, 0.717) is 12.3 Å². The topological polar surface area (TPSA) is 66.6 Å². The van der Waals surface area contributed by atoms with Gasteiger partial charge >= 0.3 is 0 Å². The van der Waals surface area contributed by atoms with Crippen LogP contribution < -0.4 is 5.73 Å². The predicted octanol–water partition coefficient (Wildman–Crippen LogP) is 0.166. The van der Waals surface area contributed by atoms with E-state index in [4.69, 9.17) is 5.73 Å². The lowest BCUT2D eigenvalue weighted by molar-refractivity contribution is 0.0550. The van der Waals surface area contributed by atoms with Crippen LogP contribution in [-0.4, -0.2) is 75.5 Å². The van der Waals surface area contributed by atoms with Gasteiger partial charge in [-0.05, 0) is 58.8 Å². The Kier molecular flexibility index (Phi) is 5.10. The standard InChI is InChI=1S/C14H29N3O2S/c1-16(2)10-13-4-7-17(8-5-13)14(11-15)6-3-9-20(18,19)12-14/h13H,3-12,15H2,1-2H3. The molecule has 118 valence electrons. The molecule has 2 fully saturated rings. The fourth-order valence-corrected chi connectivity index (χ4v) is 5.81. The first-order chi connectivity index (χ1) is 9.37. The average molecular weight is 303 g/mol. The van der Waals surface area contributed by atoms with Gasteiger partial charge in [-0.2, -0.15) is 0 Å². The SMILES string of the molecule is CN(C)CC1CCN(C2(CN)CCCS(=O)(=O)C2)CC1. The van der Waals surface area contributed by atoms with E-state index in [1.807, 2.05) is 0 Å². The van der Waals surface area contributed by atoms with E-state index >= 15 is 0 Å². The van der Waals surface area contributed by atoms with Crippen LogP contribution in [0.3, 0.4) is 0 Å². The molecule has 2 aliphatic rings. The first kappa shape index (κ1) is 16.2. The molecule has 5 nitrogen and oxygen atoms in total. The van der Waals surface area contributed by atoms with Gasteiger partial charge in [0.2, 0.25) is 0 Å². The summed E-state index contributed by atoms with van der Waals surface area (Å²) in [6.45, 7) is 3.57. The quantitative estimate of drug-likeness (QED) is 0.802. The Morgan fingerprint density at radius 1 is 1.30 bits per heavy atom. The van der Waals surface area contributed by atoms with Crippen molar-refractivity contribution < 1.29 is 8.42 Å². The highest BCUT2D eigenvalue weighted by atomic mass is 32.2. The third-order valence-electron chi connectivity index (χ3n) is 4.87. The average Bonchev–Trinajstić information content (AvgIpc) is 2.37. The Morgan fingerprint density at radius 3 is 2.45 bits per heavy atom. The van der Waals surface area contributed by atoms with Crippen LogP contribution in [0.25, 0.3) is 0 Å². The van der Waals surface area contributed by atoms with Crippen LogP contribution in [0.15, 0.2) is 0 Å². The smallest absolute Gasteiger partial charge is 0.152 e. The molecule has 2 rings (SSSR count). The lowest BCUT2D eigenvalue weighted by Crippen LogP contribution is -2.62. The van der Waals surface area contributed by atoms with Crippen molar-refractivity contribution in [2.75, 3.05) is 51.8 Å². The summed E-state index contributed by atoms with van der Waals surface area (Å²) in [4.78, 5) is 4.61. The van der Waals surface area contributed by atoms with E-state index in [1.165, 1.54) is 0 Å². The first-order valence-corrected chi connectivity index (χ1v) is 9.49. The molecule has 6 heteroatoms. The molecule has 2 saturated heterocycles. The van der Waals surface area contributed by atoms with Gasteiger partial charge in [0, 0.05) is 18.6 Å². The highest BCUT2D eigenvalue weighted by Crippen LogP contribution is 2.32. The Balaban J connectivity index is 2.00. The van der Waals surface area contributed by atoms with Crippen molar-refractivity contribution in [3.05, 3.63) is 0 Å². The maximum Gasteiger partial charge on any atom is 0.152 e. The Labute approximate surface area is 123 Å². The molecule has 0 aromatic rings. The van der Waals surface area contributed by atoms with Crippen LogP contribution in [0, 0.1) is 5.92 Å². The van der Waals surface area contributed by atoms with Gasteiger partial charge in [0.15, 0.2) is 9.84 Å². The van der Waals surface area contributed by atoms with Crippen molar-refractivity contribution in [2.24, 2.45) is 11.7 Å². The second-order valence-electron chi connectivity index (χ2n) is 6.82. The molecule has 2 aliphatic heterocycles. The molecule has 0 aromatic heterocycles. The van der Waals surface area contributed by atoms with Gasteiger partial charge in [0.05, 0.1) is 11.5 Å². The van der Waals surface area contributed by atoms with Gasteiger partial charge in [-0.15, -0.1) is 0 Å². The van der Waals surface area contributed by atoms with Gasteiger partial charge < -0.3 is 10.6 Å². The molecular formula is C14H29N3O2S. The number of piperidine rings is 1. The molecule has 2 N–H and O–H groups in total. The van der Waals surface area contributed by atoms with E-state index in [1.54, 1.807) is 0 Å². The molecule has 1 atom stereocenters. The molecule has 0 aliphatic carbocycles. The van der Waals surface area contributed by atoms with Crippen molar-refractivity contribution >= 4 is 9.84 Å². The monoisotopic (exact) mass is 303 g/mol. The number of nitrogens with two attached hydrogens (primary N) is 1. The zero-order chi connectivity index (χ0) is 14.8. The minimum Gasteiger partial charge on any atom is -0.329 e. The van der Waals surface area contributed by atoms with Crippen LogP contribution >= 0.6 is 0 Å². The van der Waals surface area contributed by atoms with Crippen LogP contribution in [-0.2, 0) is 9.84 Å². The van der Waals surface area contributed by atoms with Crippen molar-refractivity contribution in [1.82, 2.24) is 9.80 Å². The molecule has 2 heterocycles. The maximum atomic E-state index is 12.0. The number of sulfone groups is 1. The number of hydrogen-bond donors (Lipinski definition) is 1. The fraction of sp³-hybridized carbons (Fsp3) is 1.00. The number of nitrogens with zero attached hydrogens (tertiary/aromatic N) is 2. The zero-order valence-electron chi connectivity index (χ0n) is 12.8. The number of rotatable bonds is 4. The third kappa shape index (κ3) is 3.72. The van der Waals surface area contributed by atoms with Crippen molar-refractivity contribution in [1.29, 1.82) is 0 Å². The Bertz CT molecular complexity index is 416. The van der Waals surface area contributed by atoms with E-state index < -0.39 is 9.84 Å². The summed E-state index contributed by atoms with van der Waals surface area (Å²) in [6, 6.07) is 0. The second-order valence-corrected chi connectivity index (χ2v) is 9.00. The van der Waals surface area contributed by atoms with Crippen LogP contribution in [0.2, 0.25) is 0 Å².